The molecule has 0 saturated carbocycles. The fraction of sp³-hybridized carbons (Fsp3) is 0.304. The van der Waals surface area contributed by atoms with Gasteiger partial charge in [-0.2, -0.15) is 9.40 Å². The Morgan fingerprint density at radius 2 is 1.72 bits per heavy atom. The minimum atomic E-state index is -3.54. The second-order valence-corrected chi connectivity index (χ2v) is 9.83. The van der Waals surface area contributed by atoms with E-state index in [1.54, 1.807) is 23.0 Å². The van der Waals surface area contributed by atoms with Crippen molar-refractivity contribution in [3.05, 3.63) is 66.5 Å². The lowest BCUT2D eigenvalue weighted by atomic mass is 10.0. The Kier molecular flexibility index (Phi) is 6.29. The summed E-state index contributed by atoms with van der Waals surface area (Å²) in [4.78, 5) is 13.0. The SMILES string of the molecule is COc1cn(-c2ccccc2)nc1C(=O)Nc1ccc(S(=O)(=O)N2CCC(C)CC2)cc1. The van der Waals surface area contributed by atoms with Gasteiger partial charge in [-0.25, -0.2) is 13.1 Å². The normalized spacial score (nSPS) is 15.4. The third kappa shape index (κ3) is 4.53. The maximum atomic E-state index is 12.9. The van der Waals surface area contributed by atoms with Crippen LogP contribution in [0.4, 0.5) is 5.69 Å². The molecule has 0 bridgehead atoms. The summed E-state index contributed by atoms with van der Waals surface area (Å²) in [5.74, 6) is 0.434. The van der Waals surface area contributed by atoms with Crippen LogP contribution in [0.15, 0.2) is 65.7 Å². The third-order valence-electron chi connectivity index (χ3n) is 5.63. The number of amides is 1. The van der Waals surface area contributed by atoms with Gasteiger partial charge in [-0.1, -0.05) is 25.1 Å². The van der Waals surface area contributed by atoms with Crippen LogP contribution in [-0.2, 0) is 10.0 Å². The quantitative estimate of drug-likeness (QED) is 0.615. The summed E-state index contributed by atoms with van der Waals surface area (Å²) in [6.07, 6.45) is 3.37. The number of carbonyl (C=O) groups is 1. The van der Waals surface area contributed by atoms with Gasteiger partial charge in [-0.15, -0.1) is 0 Å². The summed E-state index contributed by atoms with van der Waals surface area (Å²) in [6, 6.07) is 15.6. The Hall–Kier alpha value is -3.17. The summed E-state index contributed by atoms with van der Waals surface area (Å²) >= 11 is 0. The van der Waals surface area contributed by atoms with E-state index in [1.807, 2.05) is 30.3 Å². The van der Waals surface area contributed by atoms with Crippen molar-refractivity contribution in [1.29, 1.82) is 0 Å². The maximum Gasteiger partial charge on any atom is 0.280 e. The zero-order valence-electron chi connectivity index (χ0n) is 18.1. The highest BCUT2D eigenvalue weighted by Crippen LogP contribution is 2.25. The van der Waals surface area contributed by atoms with Crippen molar-refractivity contribution in [3.8, 4) is 11.4 Å². The molecular weight excluding hydrogens is 428 g/mol. The molecule has 1 amide bonds. The molecule has 0 unspecified atom stereocenters. The van der Waals surface area contributed by atoms with Crippen molar-refractivity contribution in [1.82, 2.24) is 14.1 Å². The molecule has 9 heteroatoms. The Labute approximate surface area is 187 Å². The molecule has 1 N–H and O–H groups in total. The largest absolute Gasteiger partial charge is 0.493 e. The van der Waals surface area contributed by atoms with Crippen LogP contribution in [0.2, 0.25) is 0 Å². The number of piperidine rings is 1. The van der Waals surface area contributed by atoms with Gasteiger partial charge in [0.2, 0.25) is 10.0 Å². The first-order valence-corrected chi connectivity index (χ1v) is 11.9. The first-order chi connectivity index (χ1) is 15.4. The molecule has 0 spiro atoms. The van der Waals surface area contributed by atoms with E-state index in [0.29, 0.717) is 30.4 Å². The number of anilines is 1. The Bertz CT molecular complexity index is 1180. The number of ether oxygens (including phenoxy) is 1. The Morgan fingerprint density at radius 3 is 2.34 bits per heavy atom. The van der Waals surface area contributed by atoms with E-state index in [4.69, 9.17) is 4.74 Å². The number of para-hydroxylation sites is 1. The van der Waals surface area contributed by atoms with Crippen LogP contribution in [0.3, 0.4) is 0 Å². The van der Waals surface area contributed by atoms with E-state index in [1.165, 1.54) is 23.5 Å². The molecule has 1 saturated heterocycles. The molecule has 1 fully saturated rings. The first-order valence-electron chi connectivity index (χ1n) is 10.5. The molecule has 2 aromatic carbocycles. The molecule has 1 aliphatic rings. The van der Waals surface area contributed by atoms with Crippen molar-refractivity contribution in [2.75, 3.05) is 25.5 Å². The predicted molar refractivity (Wildman–Crippen MR) is 122 cm³/mol. The lowest BCUT2D eigenvalue weighted by Gasteiger charge is -2.29. The highest BCUT2D eigenvalue weighted by Gasteiger charge is 2.28. The molecule has 168 valence electrons. The van der Waals surface area contributed by atoms with E-state index in [9.17, 15) is 13.2 Å². The van der Waals surface area contributed by atoms with Crippen molar-refractivity contribution < 1.29 is 17.9 Å². The van der Waals surface area contributed by atoms with Crippen molar-refractivity contribution in [2.45, 2.75) is 24.7 Å². The number of rotatable bonds is 6. The van der Waals surface area contributed by atoms with Crippen molar-refractivity contribution in [2.24, 2.45) is 5.92 Å². The topological polar surface area (TPSA) is 93.5 Å². The van der Waals surface area contributed by atoms with Gasteiger partial charge < -0.3 is 10.1 Å². The first kappa shape index (κ1) is 22.0. The second kappa shape index (κ2) is 9.13. The standard InChI is InChI=1S/C23H26N4O4S/c1-17-12-14-26(15-13-17)32(29,30)20-10-8-18(9-11-20)24-23(28)22-21(31-2)16-27(25-22)19-6-4-3-5-7-19/h3-11,16-17H,12-15H2,1-2H3,(H,24,28). The highest BCUT2D eigenvalue weighted by atomic mass is 32.2. The van der Waals surface area contributed by atoms with E-state index >= 15 is 0 Å². The van der Waals surface area contributed by atoms with Gasteiger partial charge in [0.1, 0.15) is 0 Å². The summed E-state index contributed by atoms with van der Waals surface area (Å²) in [5, 5.41) is 7.11. The van der Waals surface area contributed by atoms with Crippen LogP contribution < -0.4 is 10.1 Å². The number of nitrogens with zero attached hydrogens (tertiary/aromatic N) is 3. The smallest absolute Gasteiger partial charge is 0.280 e. The van der Waals surface area contributed by atoms with Gasteiger partial charge in [0.15, 0.2) is 11.4 Å². The van der Waals surface area contributed by atoms with Crippen LogP contribution in [0.5, 0.6) is 5.75 Å². The fourth-order valence-electron chi connectivity index (χ4n) is 3.65. The number of benzene rings is 2. The van der Waals surface area contributed by atoms with Gasteiger partial charge in [0, 0.05) is 18.8 Å². The van der Waals surface area contributed by atoms with Crippen LogP contribution in [-0.4, -0.2) is 48.6 Å². The molecule has 3 aromatic rings. The molecule has 0 aliphatic carbocycles. The van der Waals surface area contributed by atoms with Gasteiger partial charge in [0.25, 0.3) is 5.91 Å². The molecule has 0 radical (unpaired) electrons. The number of hydrogen-bond acceptors (Lipinski definition) is 5. The van der Waals surface area contributed by atoms with E-state index < -0.39 is 15.9 Å². The van der Waals surface area contributed by atoms with Gasteiger partial charge in [-0.05, 0) is 55.2 Å². The Balaban J connectivity index is 1.49. The number of carbonyl (C=O) groups excluding carboxylic acids is 1. The van der Waals surface area contributed by atoms with Crippen LogP contribution in [0.25, 0.3) is 5.69 Å². The average Bonchev–Trinajstić information content (AvgIpc) is 3.25. The zero-order chi connectivity index (χ0) is 22.7. The number of hydrogen-bond donors (Lipinski definition) is 1. The fourth-order valence-corrected chi connectivity index (χ4v) is 5.12. The maximum absolute atomic E-state index is 12.9. The van der Waals surface area contributed by atoms with Gasteiger partial charge >= 0.3 is 0 Å². The minimum Gasteiger partial charge on any atom is -0.493 e. The minimum absolute atomic E-state index is 0.135. The van der Waals surface area contributed by atoms with E-state index in [0.717, 1.165) is 18.5 Å². The summed E-state index contributed by atoms with van der Waals surface area (Å²) in [6.45, 7) is 3.21. The molecule has 1 aromatic heterocycles. The van der Waals surface area contributed by atoms with Crippen LogP contribution in [0, 0.1) is 5.92 Å². The van der Waals surface area contributed by atoms with Gasteiger partial charge in [0.05, 0.1) is 23.9 Å². The predicted octanol–water partition coefficient (Wildman–Crippen LogP) is 3.55. The molecule has 32 heavy (non-hydrogen) atoms. The molecule has 1 aliphatic heterocycles. The molecule has 2 heterocycles. The van der Waals surface area contributed by atoms with E-state index in [2.05, 4.69) is 17.3 Å². The number of aromatic nitrogens is 2. The Morgan fingerprint density at radius 1 is 1.06 bits per heavy atom. The summed E-state index contributed by atoms with van der Waals surface area (Å²) < 4.78 is 34.2. The average molecular weight is 455 g/mol. The lowest BCUT2D eigenvalue weighted by Crippen LogP contribution is -2.37. The van der Waals surface area contributed by atoms with E-state index in [-0.39, 0.29) is 10.6 Å². The third-order valence-corrected chi connectivity index (χ3v) is 7.54. The van der Waals surface area contributed by atoms with Crippen LogP contribution >= 0.6 is 0 Å². The zero-order valence-corrected chi connectivity index (χ0v) is 18.9. The van der Waals surface area contributed by atoms with Gasteiger partial charge in [-0.3, -0.25) is 4.79 Å². The highest BCUT2D eigenvalue weighted by molar-refractivity contribution is 7.89. The lowest BCUT2D eigenvalue weighted by molar-refractivity contribution is 0.101. The molecular formula is C23H26N4O4S. The molecule has 0 atom stereocenters. The summed E-state index contributed by atoms with van der Waals surface area (Å²) in [5.41, 5.74) is 1.40. The second-order valence-electron chi connectivity index (χ2n) is 7.89. The van der Waals surface area contributed by atoms with Crippen molar-refractivity contribution in [3.63, 3.8) is 0 Å². The number of sulfonamides is 1. The van der Waals surface area contributed by atoms with Crippen molar-refractivity contribution >= 4 is 21.6 Å². The molecule has 4 rings (SSSR count). The monoisotopic (exact) mass is 454 g/mol. The summed E-state index contributed by atoms with van der Waals surface area (Å²) in [7, 11) is -2.06. The number of methoxy groups -OCH3 is 1. The van der Waals surface area contributed by atoms with Crippen LogP contribution in [0.1, 0.15) is 30.3 Å². The molecule has 8 nitrogen and oxygen atoms in total. The number of nitrogens with one attached hydrogen (secondary N) is 1.